The standard InChI is InChI=1S/C11H14O3/c1-2-3-10(13)11(14)8-4-6-9(12)7-5-8/h4-7,11-12,14H,2-3H2,1H3. The molecule has 3 nitrogen and oxygen atoms in total. The Morgan fingerprint density at radius 3 is 2.43 bits per heavy atom. The summed E-state index contributed by atoms with van der Waals surface area (Å²) in [7, 11) is 0. The van der Waals surface area contributed by atoms with E-state index in [4.69, 9.17) is 5.11 Å². The second kappa shape index (κ2) is 4.77. The fourth-order valence-electron chi connectivity index (χ4n) is 1.23. The zero-order chi connectivity index (χ0) is 10.6. The van der Waals surface area contributed by atoms with Gasteiger partial charge in [-0.1, -0.05) is 19.1 Å². The number of hydrogen-bond acceptors (Lipinski definition) is 3. The Morgan fingerprint density at radius 1 is 1.36 bits per heavy atom. The van der Waals surface area contributed by atoms with Gasteiger partial charge in [0.15, 0.2) is 5.78 Å². The first-order chi connectivity index (χ1) is 6.65. The van der Waals surface area contributed by atoms with E-state index >= 15 is 0 Å². The minimum absolute atomic E-state index is 0.129. The number of aliphatic hydroxyl groups excluding tert-OH is 1. The molecule has 1 atom stereocenters. The lowest BCUT2D eigenvalue weighted by atomic mass is 10.0. The van der Waals surface area contributed by atoms with Gasteiger partial charge in [-0.2, -0.15) is 0 Å². The quantitative estimate of drug-likeness (QED) is 0.768. The monoisotopic (exact) mass is 194 g/mol. The van der Waals surface area contributed by atoms with Crippen LogP contribution in [0, 0.1) is 0 Å². The summed E-state index contributed by atoms with van der Waals surface area (Å²) in [6, 6.07) is 6.01. The highest BCUT2D eigenvalue weighted by atomic mass is 16.3. The summed E-state index contributed by atoms with van der Waals surface area (Å²) in [6.07, 6.45) is 0.0475. The van der Waals surface area contributed by atoms with E-state index in [0.717, 1.165) is 6.42 Å². The van der Waals surface area contributed by atoms with E-state index in [2.05, 4.69) is 0 Å². The normalized spacial score (nSPS) is 12.4. The average Bonchev–Trinajstić information content (AvgIpc) is 2.18. The topological polar surface area (TPSA) is 57.5 Å². The number of aliphatic hydroxyl groups is 1. The van der Waals surface area contributed by atoms with E-state index in [9.17, 15) is 9.90 Å². The zero-order valence-electron chi connectivity index (χ0n) is 8.10. The first-order valence-corrected chi connectivity index (χ1v) is 4.65. The fraction of sp³-hybridized carbons (Fsp3) is 0.364. The van der Waals surface area contributed by atoms with Crippen molar-refractivity contribution in [1.29, 1.82) is 0 Å². The van der Waals surface area contributed by atoms with Crippen LogP contribution in [0.3, 0.4) is 0 Å². The lowest BCUT2D eigenvalue weighted by Crippen LogP contribution is -2.10. The molecule has 3 heteroatoms. The molecule has 0 amide bonds. The van der Waals surface area contributed by atoms with Crippen molar-refractivity contribution in [1.82, 2.24) is 0 Å². The van der Waals surface area contributed by atoms with Crippen molar-refractivity contribution in [3.63, 3.8) is 0 Å². The van der Waals surface area contributed by atoms with Crippen LogP contribution >= 0.6 is 0 Å². The summed E-state index contributed by atoms with van der Waals surface area (Å²) >= 11 is 0. The summed E-state index contributed by atoms with van der Waals surface area (Å²) in [5.74, 6) is -0.0536. The largest absolute Gasteiger partial charge is 0.508 e. The number of aromatic hydroxyl groups is 1. The number of carbonyl (C=O) groups is 1. The van der Waals surface area contributed by atoms with Crippen LogP contribution in [0.2, 0.25) is 0 Å². The van der Waals surface area contributed by atoms with Gasteiger partial charge in [0.25, 0.3) is 0 Å². The zero-order valence-corrected chi connectivity index (χ0v) is 8.10. The van der Waals surface area contributed by atoms with Crippen LogP contribution in [0.1, 0.15) is 31.4 Å². The van der Waals surface area contributed by atoms with Crippen molar-refractivity contribution in [3.05, 3.63) is 29.8 Å². The molecule has 2 N–H and O–H groups in total. The van der Waals surface area contributed by atoms with Gasteiger partial charge >= 0.3 is 0 Å². The minimum Gasteiger partial charge on any atom is -0.508 e. The Balaban J connectivity index is 2.73. The van der Waals surface area contributed by atoms with Gasteiger partial charge < -0.3 is 10.2 Å². The molecule has 0 bridgehead atoms. The smallest absolute Gasteiger partial charge is 0.165 e. The van der Waals surface area contributed by atoms with Gasteiger partial charge in [0, 0.05) is 6.42 Å². The minimum atomic E-state index is -1.06. The summed E-state index contributed by atoms with van der Waals surface area (Å²) in [4.78, 5) is 11.3. The maximum absolute atomic E-state index is 11.3. The third-order valence-electron chi connectivity index (χ3n) is 2.01. The summed E-state index contributed by atoms with van der Waals surface area (Å²) in [5.41, 5.74) is 0.529. The molecular formula is C11H14O3. The molecule has 0 aliphatic heterocycles. The fourth-order valence-corrected chi connectivity index (χ4v) is 1.23. The predicted molar refractivity (Wildman–Crippen MR) is 53.0 cm³/mol. The number of Topliss-reactive ketones (excluding diaryl/α,β-unsaturated/α-hetero) is 1. The molecule has 1 aromatic carbocycles. The predicted octanol–water partition coefficient (Wildman–Crippen LogP) is 1.79. The van der Waals surface area contributed by atoms with Crippen LogP contribution in [-0.2, 0) is 4.79 Å². The number of ketones is 1. The van der Waals surface area contributed by atoms with Crippen LogP contribution in [0.4, 0.5) is 0 Å². The maximum atomic E-state index is 11.3. The van der Waals surface area contributed by atoms with Crippen molar-refractivity contribution in [3.8, 4) is 5.75 Å². The van der Waals surface area contributed by atoms with E-state index in [1.54, 1.807) is 12.1 Å². The van der Waals surface area contributed by atoms with Gasteiger partial charge in [0.2, 0.25) is 0 Å². The summed E-state index contributed by atoms with van der Waals surface area (Å²) in [6.45, 7) is 1.89. The van der Waals surface area contributed by atoms with Crippen LogP contribution < -0.4 is 0 Å². The second-order valence-corrected chi connectivity index (χ2v) is 3.21. The van der Waals surface area contributed by atoms with Gasteiger partial charge in [0.05, 0.1) is 0 Å². The average molecular weight is 194 g/mol. The SMILES string of the molecule is CCCC(=O)C(O)c1ccc(O)cc1. The lowest BCUT2D eigenvalue weighted by molar-refractivity contribution is -0.127. The molecule has 0 aliphatic rings. The van der Waals surface area contributed by atoms with Gasteiger partial charge in [-0.15, -0.1) is 0 Å². The number of hydrogen-bond donors (Lipinski definition) is 2. The van der Waals surface area contributed by atoms with Crippen LogP contribution in [0.5, 0.6) is 5.75 Å². The van der Waals surface area contributed by atoms with Crippen molar-refractivity contribution < 1.29 is 15.0 Å². The number of rotatable bonds is 4. The molecule has 1 aromatic rings. The Bertz CT molecular complexity index is 303. The molecule has 0 aliphatic carbocycles. The Labute approximate surface area is 83.0 Å². The molecule has 0 heterocycles. The molecule has 0 spiro atoms. The van der Waals surface area contributed by atoms with Crippen LogP contribution in [0.25, 0.3) is 0 Å². The number of phenolic OH excluding ortho intramolecular Hbond substituents is 1. The molecule has 0 fully saturated rings. The van der Waals surface area contributed by atoms with E-state index in [1.165, 1.54) is 12.1 Å². The van der Waals surface area contributed by atoms with Crippen LogP contribution in [0.15, 0.2) is 24.3 Å². The van der Waals surface area contributed by atoms with Crippen molar-refractivity contribution in [2.45, 2.75) is 25.9 Å². The summed E-state index contributed by atoms with van der Waals surface area (Å²) in [5, 5.41) is 18.6. The Morgan fingerprint density at radius 2 is 1.93 bits per heavy atom. The van der Waals surface area contributed by atoms with Crippen LogP contribution in [-0.4, -0.2) is 16.0 Å². The van der Waals surface area contributed by atoms with E-state index < -0.39 is 6.10 Å². The van der Waals surface area contributed by atoms with Gasteiger partial charge in [-0.25, -0.2) is 0 Å². The number of benzene rings is 1. The molecular weight excluding hydrogens is 180 g/mol. The second-order valence-electron chi connectivity index (χ2n) is 3.21. The molecule has 0 saturated carbocycles. The Kier molecular flexibility index (Phi) is 3.65. The molecule has 0 aromatic heterocycles. The molecule has 1 rings (SSSR count). The molecule has 0 radical (unpaired) electrons. The highest BCUT2D eigenvalue weighted by Gasteiger charge is 2.15. The third kappa shape index (κ3) is 2.57. The number of phenols is 1. The molecule has 14 heavy (non-hydrogen) atoms. The third-order valence-corrected chi connectivity index (χ3v) is 2.01. The maximum Gasteiger partial charge on any atom is 0.165 e. The van der Waals surface area contributed by atoms with Crippen molar-refractivity contribution in [2.75, 3.05) is 0 Å². The van der Waals surface area contributed by atoms with Crippen molar-refractivity contribution in [2.24, 2.45) is 0 Å². The van der Waals surface area contributed by atoms with Gasteiger partial charge in [-0.05, 0) is 24.1 Å². The highest BCUT2D eigenvalue weighted by molar-refractivity contribution is 5.84. The van der Waals surface area contributed by atoms with Gasteiger partial charge in [0.1, 0.15) is 11.9 Å². The van der Waals surface area contributed by atoms with Gasteiger partial charge in [-0.3, -0.25) is 4.79 Å². The molecule has 76 valence electrons. The first kappa shape index (κ1) is 10.7. The van der Waals surface area contributed by atoms with E-state index in [1.807, 2.05) is 6.92 Å². The lowest BCUT2D eigenvalue weighted by Gasteiger charge is -2.08. The Hall–Kier alpha value is -1.35. The van der Waals surface area contributed by atoms with E-state index in [0.29, 0.717) is 12.0 Å². The molecule has 1 unspecified atom stereocenters. The number of carbonyl (C=O) groups excluding carboxylic acids is 1. The molecule has 0 saturated heterocycles. The summed E-state index contributed by atoms with van der Waals surface area (Å²) < 4.78 is 0. The van der Waals surface area contributed by atoms with E-state index in [-0.39, 0.29) is 11.5 Å². The first-order valence-electron chi connectivity index (χ1n) is 4.65. The van der Waals surface area contributed by atoms with Crippen molar-refractivity contribution >= 4 is 5.78 Å². The highest BCUT2D eigenvalue weighted by Crippen LogP contribution is 2.18.